The number of primary amides is 1. The third-order valence-electron chi connectivity index (χ3n) is 1.83. The van der Waals surface area contributed by atoms with Crippen LogP contribution in [-0.4, -0.2) is 25.9 Å². The van der Waals surface area contributed by atoms with E-state index in [4.69, 9.17) is 5.73 Å². The summed E-state index contributed by atoms with van der Waals surface area (Å²) in [5.41, 5.74) is 6.49. The molecule has 76 valence electrons. The number of hydrogen-bond donors (Lipinski definition) is 1. The van der Waals surface area contributed by atoms with Gasteiger partial charge in [-0.2, -0.15) is 15.3 Å². The standard InChI is InChI=1S/C9H9N5O/c10-9(15)5-7-2-4-14(13-7)8-1-3-11-12-6-8/h1-4,6H,5H2,(H2,10,15). The predicted molar refractivity (Wildman–Crippen MR) is 52.1 cm³/mol. The molecule has 0 aliphatic heterocycles. The van der Waals surface area contributed by atoms with E-state index in [0.717, 1.165) is 5.69 Å². The molecular weight excluding hydrogens is 194 g/mol. The SMILES string of the molecule is NC(=O)Cc1ccn(-c2ccnnc2)n1. The highest BCUT2D eigenvalue weighted by Crippen LogP contribution is 2.04. The first-order valence-corrected chi connectivity index (χ1v) is 4.35. The fourth-order valence-corrected chi connectivity index (χ4v) is 1.20. The maximum absolute atomic E-state index is 10.7. The van der Waals surface area contributed by atoms with Gasteiger partial charge in [0, 0.05) is 6.20 Å². The molecule has 0 spiro atoms. The number of carbonyl (C=O) groups excluding carboxylic acids is 1. The van der Waals surface area contributed by atoms with Crippen molar-refractivity contribution in [3.8, 4) is 5.69 Å². The van der Waals surface area contributed by atoms with Crippen molar-refractivity contribution in [2.45, 2.75) is 6.42 Å². The van der Waals surface area contributed by atoms with Gasteiger partial charge in [0.2, 0.25) is 5.91 Å². The lowest BCUT2D eigenvalue weighted by molar-refractivity contribution is -0.117. The van der Waals surface area contributed by atoms with Gasteiger partial charge in [0.25, 0.3) is 0 Å². The van der Waals surface area contributed by atoms with Gasteiger partial charge in [-0.1, -0.05) is 0 Å². The first-order valence-electron chi connectivity index (χ1n) is 4.35. The number of rotatable bonds is 3. The van der Waals surface area contributed by atoms with Crippen molar-refractivity contribution < 1.29 is 4.79 Å². The highest BCUT2D eigenvalue weighted by Gasteiger charge is 2.03. The summed E-state index contributed by atoms with van der Waals surface area (Å²) in [6, 6.07) is 3.51. The lowest BCUT2D eigenvalue weighted by Gasteiger charge is -1.97. The number of carbonyl (C=O) groups is 1. The van der Waals surface area contributed by atoms with Gasteiger partial charge < -0.3 is 5.73 Å². The number of nitrogens with two attached hydrogens (primary N) is 1. The third kappa shape index (κ3) is 2.16. The van der Waals surface area contributed by atoms with Crippen LogP contribution in [0.2, 0.25) is 0 Å². The zero-order valence-electron chi connectivity index (χ0n) is 7.87. The van der Waals surface area contributed by atoms with Crippen LogP contribution in [0.15, 0.2) is 30.7 Å². The second-order valence-corrected chi connectivity index (χ2v) is 3.00. The van der Waals surface area contributed by atoms with Crippen LogP contribution in [0.5, 0.6) is 0 Å². The van der Waals surface area contributed by atoms with Crippen LogP contribution in [0.4, 0.5) is 0 Å². The van der Waals surface area contributed by atoms with Crippen molar-refractivity contribution >= 4 is 5.91 Å². The summed E-state index contributed by atoms with van der Waals surface area (Å²) in [7, 11) is 0. The maximum Gasteiger partial charge on any atom is 0.223 e. The molecular formula is C9H9N5O. The van der Waals surface area contributed by atoms with E-state index in [0.29, 0.717) is 5.69 Å². The van der Waals surface area contributed by atoms with Gasteiger partial charge in [-0.25, -0.2) is 4.68 Å². The molecule has 2 aromatic rings. The Morgan fingerprint density at radius 3 is 2.93 bits per heavy atom. The first-order chi connectivity index (χ1) is 7.25. The Morgan fingerprint density at radius 2 is 2.27 bits per heavy atom. The molecule has 2 rings (SSSR count). The smallest absolute Gasteiger partial charge is 0.223 e. The minimum atomic E-state index is -0.395. The second kappa shape index (κ2) is 3.87. The molecule has 0 unspecified atom stereocenters. The van der Waals surface area contributed by atoms with Crippen molar-refractivity contribution in [2.75, 3.05) is 0 Å². The topological polar surface area (TPSA) is 86.7 Å². The molecule has 0 aromatic carbocycles. The highest BCUT2D eigenvalue weighted by molar-refractivity contribution is 5.76. The molecule has 2 N–H and O–H groups in total. The maximum atomic E-state index is 10.7. The summed E-state index contributed by atoms with van der Waals surface area (Å²) in [5, 5.41) is 11.6. The Kier molecular flexibility index (Phi) is 2.40. The Bertz CT molecular complexity index is 464. The summed E-state index contributed by atoms with van der Waals surface area (Å²) in [4.78, 5) is 10.7. The van der Waals surface area contributed by atoms with Gasteiger partial charge in [0.05, 0.1) is 30.2 Å². The lowest BCUT2D eigenvalue weighted by Crippen LogP contribution is -2.14. The molecule has 0 saturated heterocycles. The quantitative estimate of drug-likeness (QED) is 0.741. The molecule has 0 fully saturated rings. The Morgan fingerprint density at radius 1 is 1.40 bits per heavy atom. The van der Waals surface area contributed by atoms with Gasteiger partial charge in [0.15, 0.2) is 0 Å². The zero-order chi connectivity index (χ0) is 10.7. The first kappa shape index (κ1) is 9.32. The minimum Gasteiger partial charge on any atom is -0.369 e. The molecule has 1 amide bonds. The second-order valence-electron chi connectivity index (χ2n) is 3.00. The van der Waals surface area contributed by atoms with Gasteiger partial charge in [0.1, 0.15) is 0 Å². The van der Waals surface area contributed by atoms with Crippen LogP contribution in [0.3, 0.4) is 0 Å². The van der Waals surface area contributed by atoms with Crippen LogP contribution in [0.25, 0.3) is 5.69 Å². The summed E-state index contributed by atoms with van der Waals surface area (Å²) >= 11 is 0. The van der Waals surface area contributed by atoms with Crippen LogP contribution >= 0.6 is 0 Å². The van der Waals surface area contributed by atoms with Gasteiger partial charge >= 0.3 is 0 Å². The van der Waals surface area contributed by atoms with Crippen LogP contribution in [0, 0.1) is 0 Å². The molecule has 0 saturated carbocycles. The number of nitrogens with zero attached hydrogens (tertiary/aromatic N) is 4. The number of hydrogen-bond acceptors (Lipinski definition) is 4. The molecule has 2 heterocycles. The van der Waals surface area contributed by atoms with Crippen LogP contribution in [0.1, 0.15) is 5.69 Å². The molecule has 0 aliphatic carbocycles. The number of amides is 1. The summed E-state index contributed by atoms with van der Waals surface area (Å²) in [6.45, 7) is 0. The average molecular weight is 203 g/mol. The van der Waals surface area contributed by atoms with E-state index < -0.39 is 5.91 Å². The molecule has 6 nitrogen and oxygen atoms in total. The molecule has 2 aromatic heterocycles. The fraction of sp³-hybridized carbons (Fsp3) is 0.111. The Balaban J connectivity index is 2.24. The van der Waals surface area contributed by atoms with Crippen LogP contribution < -0.4 is 5.73 Å². The Hall–Kier alpha value is -2.24. The van der Waals surface area contributed by atoms with E-state index in [2.05, 4.69) is 15.3 Å². The van der Waals surface area contributed by atoms with E-state index >= 15 is 0 Å². The highest BCUT2D eigenvalue weighted by atomic mass is 16.1. The van der Waals surface area contributed by atoms with Gasteiger partial charge in [-0.3, -0.25) is 4.79 Å². The molecule has 0 radical (unpaired) electrons. The van der Waals surface area contributed by atoms with Gasteiger partial charge in [-0.15, -0.1) is 0 Å². The van der Waals surface area contributed by atoms with Crippen molar-refractivity contribution in [2.24, 2.45) is 5.73 Å². The Labute approximate surface area is 85.7 Å². The molecule has 0 bridgehead atoms. The van der Waals surface area contributed by atoms with E-state index in [-0.39, 0.29) is 6.42 Å². The van der Waals surface area contributed by atoms with E-state index in [1.807, 2.05) is 0 Å². The summed E-state index contributed by atoms with van der Waals surface area (Å²) < 4.78 is 1.62. The van der Waals surface area contributed by atoms with Crippen LogP contribution in [-0.2, 0) is 11.2 Å². The minimum absolute atomic E-state index is 0.144. The molecule has 15 heavy (non-hydrogen) atoms. The van der Waals surface area contributed by atoms with Crippen molar-refractivity contribution in [3.05, 3.63) is 36.4 Å². The molecule has 6 heteroatoms. The van der Waals surface area contributed by atoms with Crippen molar-refractivity contribution in [1.82, 2.24) is 20.0 Å². The van der Waals surface area contributed by atoms with E-state index in [1.165, 1.54) is 0 Å². The number of aromatic nitrogens is 4. The predicted octanol–water partition coefficient (Wildman–Crippen LogP) is -0.310. The van der Waals surface area contributed by atoms with E-state index in [9.17, 15) is 4.79 Å². The largest absolute Gasteiger partial charge is 0.369 e. The normalized spacial score (nSPS) is 10.1. The van der Waals surface area contributed by atoms with Crippen molar-refractivity contribution in [1.29, 1.82) is 0 Å². The average Bonchev–Trinajstić information content (AvgIpc) is 2.67. The monoisotopic (exact) mass is 203 g/mol. The summed E-state index contributed by atoms with van der Waals surface area (Å²) in [5.74, 6) is -0.395. The molecule has 0 aliphatic rings. The fourth-order valence-electron chi connectivity index (χ4n) is 1.20. The lowest BCUT2D eigenvalue weighted by atomic mass is 10.3. The third-order valence-corrected chi connectivity index (χ3v) is 1.83. The van der Waals surface area contributed by atoms with Crippen molar-refractivity contribution in [3.63, 3.8) is 0 Å². The zero-order valence-corrected chi connectivity index (χ0v) is 7.87. The summed E-state index contributed by atoms with van der Waals surface area (Å²) in [6.07, 6.45) is 5.05. The van der Waals surface area contributed by atoms with Gasteiger partial charge in [-0.05, 0) is 12.1 Å². The molecule has 0 atom stereocenters. The van der Waals surface area contributed by atoms with E-state index in [1.54, 1.807) is 35.4 Å².